The van der Waals surface area contributed by atoms with E-state index >= 15 is 0 Å². The van der Waals surface area contributed by atoms with Crippen molar-refractivity contribution < 1.29 is 13.9 Å². The van der Waals surface area contributed by atoms with E-state index in [1.807, 2.05) is 11.8 Å². The molecule has 0 radical (unpaired) electrons. The zero-order valence-corrected chi connectivity index (χ0v) is 11.1. The number of carbonyl (C=O) groups is 1. The lowest BCUT2D eigenvalue weighted by Crippen LogP contribution is -2.36. The van der Waals surface area contributed by atoms with Crippen LogP contribution in [0.3, 0.4) is 0 Å². The zero-order chi connectivity index (χ0) is 13.8. The van der Waals surface area contributed by atoms with Gasteiger partial charge >= 0.3 is 0 Å². The van der Waals surface area contributed by atoms with Crippen molar-refractivity contribution in [1.29, 1.82) is 0 Å². The summed E-state index contributed by atoms with van der Waals surface area (Å²) in [5.74, 6) is 0.0914. The molecule has 0 aliphatic heterocycles. The SMILES string of the molecule is CCN(C(=O)COc1ccc(F)cc1CN)C1CC1. The Morgan fingerprint density at radius 3 is 2.84 bits per heavy atom. The highest BCUT2D eigenvalue weighted by Crippen LogP contribution is 2.27. The van der Waals surface area contributed by atoms with Gasteiger partial charge in [-0.15, -0.1) is 0 Å². The van der Waals surface area contributed by atoms with Gasteiger partial charge in [0, 0.05) is 24.7 Å². The van der Waals surface area contributed by atoms with Gasteiger partial charge in [-0.1, -0.05) is 0 Å². The molecule has 2 rings (SSSR count). The second-order valence-corrected chi connectivity index (χ2v) is 4.66. The van der Waals surface area contributed by atoms with E-state index in [-0.39, 0.29) is 24.9 Å². The highest BCUT2D eigenvalue weighted by atomic mass is 19.1. The van der Waals surface area contributed by atoms with Crippen LogP contribution in [0.2, 0.25) is 0 Å². The predicted molar refractivity (Wildman–Crippen MR) is 70.2 cm³/mol. The third-order valence-corrected chi connectivity index (χ3v) is 3.24. The number of likely N-dealkylation sites (N-methyl/N-ethyl adjacent to an activating group) is 1. The number of rotatable bonds is 6. The van der Waals surface area contributed by atoms with Crippen LogP contribution in [-0.4, -0.2) is 30.0 Å². The lowest BCUT2D eigenvalue weighted by molar-refractivity contribution is -0.133. The van der Waals surface area contributed by atoms with E-state index in [0.717, 1.165) is 12.8 Å². The Labute approximate surface area is 112 Å². The summed E-state index contributed by atoms with van der Waals surface area (Å²) in [5, 5.41) is 0. The largest absolute Gasteiger partial charge is 0.483 e. The summed E-state index contributed by atoms with van der Waals surface area (Å²) in [6, 6.07) is 4.52. The van der Waals surface area contributed by atoms with E-state index in [2.05, 4.69) is 0 Å². The van der Waals surface area contributed by atoms with Gasteiger partial charge in [0.15, 0.2) is 6.61 Å². The molecule has 0 atom stereocenters. The minimum absolute atomic E-state index is 0.0248. The van der Waals surface area contributed by atoms with Crippen molar-refractivity contribution in [3.8, 4) is 5.75 Å². The molecule has 1 aromatic carbocycles. The van der Waals surface area contributed by atoms with Crippen LogP contribution < -0.4 is 10.5 Å². The monoisotopic (exact) mass is 266 g/mol. The summed E-state index contributed by atoms with van der Waals surface area (Å²) in [5.41, 5.74) is 6.10. The predicted octanol–water partition coefficient (Wildman–Crippen LogP) is 1.67. The van der Waals surface area contributed by atoms with Crippen LogP contribution in [0, 0.1) is 5.82 Å². The summed E-state index contributed by atoms with van der Waals surface area (Å²) < 4.78 is 18.5. The molecule has 1 aliphatic rings. The van der Waals surface area contributed by atoms with Gasteiger partial charge in [0.05, 0.1) is 0 Å². The molecule has 5 heteroatoms. The first-order valence-corrected chi connectivity index (χ1v) is 6.56. The number of hydrogen-bond donors (Lipinski definition) is 1. The van der Waals surface area contributed by atoms with Crippen LogP contribution in [0.25, 0.3) is 0 Å². The number of amides is 1. The molecule has 1 aliphatic carbocycles. The molecule has 2 N–H and O–H groups in total. The summed E-state index contributed by atoms with van der Waals surface area (Å²) >= 11 is 0. The number of benzene rings is 1. The summed E-state index contributed by atoms with van der Waals surface area (Å²) in [4.78, 5) is 13.8. The Balaban J connectivity index is 1.96. The highest BCUT2D eigenvalue weighted by Gasteiger charge is 2.31. The molecule has 0 aromatic heterocycles. The molecule has 1 aromatic rings. The van der Waals surface area contributed by atoms with Crippen molar-refractivity contribution in [3.63, 3.8) is 0 Å². The maximum absolute atomic E-state index is 13.0. The number of nitrogens with zero attached hydrogens (tertiary/aromatic N) is 1. The number of carbonyl (C=O) groups excluding carboxylic acids is 1. The molecule has 104 valence electrons. The van der Waals surface area contributed by atoms with Crippen molar-refractivity contribution in [2.24, 2.45) is 5.73 Å². The maximum Gasteiger partial charge on any atom is 0.260 e. The van der Waals surface area contributed by atoms with Crippen molar-refractivity contribution in [3.05, 3.63) is 29.6 Å². The fourth-order valence-corrected chi connectivity index (χ4v) is 2.10. The second-order valence-electron chi connectivity index (χ2n) is 4.66. The average molecular weight is 266 g/mol. The van der Waals surface area contributed by atoms with E-state index in [1.165, 1.54) is 18.2 Å². The minimum Gasteiger partial charge on any atom is -0.483 e. The third-order valence-electron chi connectivity index (χ3n) is 3.24. The molecule has 0 heterocycles. The van der Waals surface area contributed by atoms with Crippen molar-refractivity contribution in [1.82, 2.24) is 4.90 Å². The zero-order valence-electron chi connectivity index (χ0n) is 11.1. The molecule has 0 spiro atoms. The molecule has 0 unspecified atom stereocenters. The molecule has 0 saturated heterocycles. The molecule has 19 heavy (non-hydrogen) atoms. The molecule has 4 nitrogen and oxygen atoms in total. The fraction of sp³-hybridized carbons (Fsp3) is 0.500. The van der Waals surface area contributed by atoms with E-state index < -0.39 is 0 Å². The van der Waals surface area contributed by atoms with Crippen LogP contribution in [-0.2, 0) is 11.3 Å². The van der Waals surface area contributed by atoms with Crippen LogP contribution in [0.1, 0.15) is 25.3 Å². The summed E-state index contributed by atoms with van der Waals surface area (Å²) in [6.45, 7) is 2.81. The van der Waals surface area contributed by atoms with Crippen LogP contribution >= 0.6 is 0 Å². The number of ether oxygens (including phenoxy) is 1. The van der Waals surface area contributed by atoms with Crippen LogP contribution in [0.15, 0.2) is 18.2 Å². The molecule has 0 bridgehead atoms. The van der Waals surface area contributed by atoms with Gasteiger partial charge in [-0.3, -0.25) is 4.79 Å². The summed E-state index contributed by atoms with van der Waals surface area (Å²) in [7, 11) is 0. The average Bonchev–Trinajstić information content (AvgIpc) is 3.22. The number of nitrogens with two attached hydrogens (primary N) is 1. The van der Waals surface area contributed by atoms with Crippen molar-refractivity contribution in [2.75, 3.05) is 13.2 Å². The Morgan fingerprint density at radius 1 is 1.53 bits per heavy atom. The molecule has 1 fully saturated rings. The standard InChI is InChI=1S/C14H19FN2O2/c1-2-17(12-4-5-12)14(18)9-19-13-6-3-11(15)7-10(13)8-16/h3,6-7,12H,2,4-5,8-9,16H2,1H3. The van der Waals surface area contributed by atoms with E-state index in [9.17, 15) is 9.18 Å². The van der Waals surface area contributed by atoms with Crippen molar-refractivity contribution >= 4 is 5.91 Å². The molecule has 1 saturated carbocycles. The van der Waals surface area contributed by atoms with Gasteiger partial charge in [-0.25, -0.2) is 4.39 Å². The van der Waals surface area contributed by atoms with Gasteiger partial charge < -0.3 is 15.4 Å². The van der Waals surface area contributed by atoms with Gasteiger partial charge in [-0.05, 0) is 38.0 Å². The van der Waals surface area contributed by atoms with Crippen molar-refractivity contribution in [2.45, 2.75) is 32.4 Å². The quantitative estimate of drug-likeness (QED) is 0.852. The normalized spacial score (nSPS) is 14.3. The molecule has 1 amide bonds. The first-order chi connectivity index (χ1) is 9.15. The lowest BCUT2D eigenvalue weighted by atomic mass is 10.2. The highest BCUT2D eigenvalue weighted by molar-refractivity contribution is 5.78. The number of halogens is 1. The Morgan fingerprint density at radius 2 is 2.26 bits per heavy atom. The molecular weight excluding hydrogens is 247 g/mol. The van der Waals surface area contributed by atoms with Gasteiger partial charge in [0.1, 0.15) is 11.6 Å². The van der Waals surface area contributed by atoms with E-state index in [4.69, 9.17) is 10.5 Å². The van der Waals surface area contributed by atoms with Gasteiger partial charge in [0.25, 0.3) is 5.91 Å². The first kappa shape index (κ1) is 13.8. The number of hydrogen-bond acceptors (Lipinski definition) is 3. The Hall–Kier alpha value is -1.62. The van der Waals surface area contributed by atoms with E-state index in [0.29, 0.717) is 23.9 Å². The second kappa shape index (κ2) is 6.02. The maximum atomic E-state index is 13.0. The summed E-state index contributed by atoms with van der Waals surface area (Å²) in [6.07, 6.45) is 2.15. The third kappa shape index (κ3) is 3.44. The van der Waals surface area contributed by atoms with Crippen LogP contribution in [0.5, 0.6) is 5.75 Å². The Kier molecular flexibility index (Phi) is 4.37. The van der Waals surface area contributed by atoms with Crippen LogP contribution in [0.4, 0.5) is 4.39 Å². The smallest absolute Gasteiger partial charge is 0.260 e. The van der Waals surface area contributed by atoms with E-state index in [1.54, 1.807) is 0 Å². The Bertz CT molecular complexity index is 461. The van der Waals surface area contributed by atoms with Gasteiger partial charge in [-0.2, -0.15) is 0 Å². The minimum atomic E-state index is -0.354. The first-order valence-electron chi connectivity index (χ1n) is 6.56. The lowest BCUT2D eigenvalue weighted by Gasteiger charge is -2.20. The molecular formula is C14H19FN2O2. The topological polar surface area (TPSA) is 55.6 Å². The fourth-order valence-electron chi connectivity index (χ4n) is 2.10. The van der Waals surface area contributed by atoms with Gasteiger partial charge in [0.2, 0.25) is 0 Å².